The van der Waals surface area contributed by atoms with Gasteiger partial charge in [0.2, 0.25) is 0 Å². The predicted octanol–water partition coefficient (Wildman–Crippen LogP) is 1.20. The van der Waals surface area contributed by atoms with Gasteiger partial charge < -0.3 is 9.64 Å². The number of anilines is 1. The van der Waals surface area contributed by atoms with E-state index in [0.29, 0.717) is 37.8 Å². The Morgan fingerprint density at radius 3 is 2.81 bits per heavy atom. The second-order valence-corrected chi connectivity index (χ2v) is 6.69. The van der Waals surface area contributed by atoms with Crippen LogP contribution >= 0.6 is 0 Å². The van der Waals surface area contributed by atoms with Crippen molar-refractivity contribution < 1.29 is 14.5 Å². The van der Waals surface area contributed by atoms with Gasteiger partial charge in [0.25, 0.3) is 17.2 Å². The molecular weight excluding hydrogens is 404 g/mol. The molecule has 1 aliphatic heterocycles. The van der Waals surface area contributed by atoms with Crippen LogP contribution in [0.3, 0.4) is 0 Å². The highest BCUT2D eigenvalue weighted by molar-refractivity contribution is 5.96. The molecule has 0 saturated carbocycles. The van der Waals surface area contributed by atoms with Gasteiger partial charge in [-0.2, -0.15) is 5.10 Å². The summed E-state index contributed by atoms with van der Waals surface area (Å²) >= 11 is 0. The van der Waals surface area contributed by atoms with Crippen LogP contribution in [0.25, 0.3) is 5.65 Å². The van der Waals surface area contributed by atoms with Crippen molar-refractivity contribution in [2.45, 2.75) is 0 Å². The number of nitro benzene ring substituents is 1. The number of aromatic nitrogens is 2. The Morgan fingerprint density at radius 1 is 1.23 bits per heavy atom. The number of nitrogens with zero attached hydrogens (tertiary/aromatic N) is 5. The summed E-state index contributed by atoms with van der Waals surface area (Å²) < 4.78 is 6.77. The largest absolute Gasteiger partial charge is 0.378 e. The highest BCUT2D eigenvalue weighted by Crippen LogP contribution is 2.17. The van der Waals surface area contributed by atoms with Crippen LogP contribution in [0.5, 0.6) is 0 Å². The number of ether oxygens (including phenoxy) is 1. The van der Waals surface area contributed by atoms with Crippen molar-refractivity contribution in [3.63, 3.8) is 0 Å². The van der Waals surface area contributed by atoms with Crippen molar-refractivity contribution in [2.24, 2.45) is 5.10 Å². The third kappa shape index (κ3) is 4.26. The van der Waals surface area contributed by atoms with Crippen molar-refractivity contribution in [2.75, 3.05) is 31.2 Å². The minimum Gasteiger partial charge on any atom is -0.378 e. The first-order chi connectivity index (χ1) is 15.0. The third-order valence-electron chi connectivity index (χ3n) is 4.74. The zero-order chi connectivity index (χ0) is 21.8. The van der Waals surface area contributed by atoms with Gasteiger partial charge in [-0.15, -0.1) is 0 Å². The molecule has 3 heterocycles. The Morgan fingerprint density at radius 2 is 2.03 bits per heavy atom. The lowest BCUT2D eigenvalue weighted by Crippen LogP contribution is -2.39. The van der Waals surface area contributed by atoms with E-state index in [1.165, 1.54) is 28.8 Å². The SMILES string of the molecule is O=C(N/N=C\c1c(N2CCOCC2)nc2ccccn2c1=O)c1cccc([N+](=O)[O-])c1. The number of hydrazone groups is 1. The Bertz CT molecular complexity index is 1230. The molecular formula is C20H18N6O5. The molecule has 1 N–H and O–H groups in total. The Hall–Kier alpha value is -4.12. The van der Waals surface area contributed by atoms with Gasteiger partial charge in [-0.05, 0) is 18.2 Å². The molecule has 1 saturated heterocycles. The summed E-state index contributed by atoms with van der Waals surface area (Å²) in [5.74, 6) is -0.186. The van der Waals surface area contributed by atoms with Crippen LogP contribution in [0.2, 0.25) is 0 Å². The Balaban J connectivity index is 1.65. The van der Waals surface area contributed by atoms with Crippen molar-refractivity contribution >= 4 is 29.3 Å². The molecule has 1 fully saturated rings. The molecule has 1 aromatic carbocycles. The van der Waals surface area contributed by atoms with Crippen LogP contribution in [0, 0.1) is 10.1 Å². The fourth-order valence-corrected chi connectivity index (χ4v) is 3.20. The number of carbonyl (C=O) groups is 1. The van der Waals surface area contributed by atoms with E-state index >= 15 is 0 Å². The van der Waals surface area contributed by atoms with E-state index in [1.54, 1.807) is 24.4 Å². The second kappa shape index (κ2) is 8.71. The Labute approximate surface area is 175 Å². The van der Waals surface area contributed by atoms with Crippen molar-refractivity contribution in [3.05, 3.63) is 80.3 Å². The summed E-state index contributed by atoms with van der Waals surface area (Å²) in [6, 6.07) is 10.5. The molecule has 0 spiro atoms. The lowest BCUT2D eigenvalue weighted by molar-refractivity contribution is -0.384. The number of amides is 1. The summed E-state index contributed by atoms with van der Waals surface area (Å²) in [5.41, 5.74) is 2.55. The highest BCUT2D eigenvalue weighted by Gasteiger charge is 2.20. The first-order valence-electron chi connectivity index (χ1n) is 9.46. The topological polar surface area (TPSA) is 131 Å². The summed E-state index contributed by atoms with van der Waals surface area (Å²) in [5, 5.41) is 14.8. The lowest BCUT2D eigenvalue weighted by Gasteiger charge is -2.28. The molecule has 158 valence electrons. The van der Waals surface area contributed by atoms with Gasteiger partial charge in [0.05, 0.1) is 24.4 Å². The summed E-state index contributed by atoms with van der Waals surface area (Å²) in [4.78, 5) is 42.2. The molecule has 0 atom stereocenters. The van der Waals surface area contributed by atoms with E-state index in [9.17, 15) is 19.7 Å². The Kier molecular flexibility index (Phi) is 5.67. The molecule has 0 unspecified atom stereocenters. The average Bonchev–Trinajstić information content (AvgIpc) is 2.81. The van der Waals surface area contributed by atoms with Gasteiger partial charge in [-0.25, -0.2) is 10.4 Å². The minimum absolute atomic E-state index is 0.0770. The van der Waals surface area contributed by atoms with Crippen LogP contribution in [0.15, 0.2) is 58.6 Å². The maximum Gasteiger partial charge on any atom is 0.271 e. The van der Waals surface area contributed by atoms with Crippen molar-refractivity contribution in [3.8, 4) is 0 Å². The number of pyridine rings is 1. The molecule has 2 aromatic heterocycles. The van der Waals surface area contributed by atoms with Gasteiger partial charge in [-0.1, -0.05) is 12.1 Å². The van der Waals surface area contributed by atoms with Crippen LogP contribution in [0.1, 0.15) is 15.9 Å². The van der Waals surface area contributed by atoms with E-state index in [0.717, 1.165) is 6.07 Å². The van der Waals surface area contributed by atoms with Crippen LogP contribution in [-0.4, -0.2) is 52.7 Å². The number of benzene rings is 1. The molecule has 11 heteroatoms. The van der Waals surface area contributed by atoms with E-state index < -0.39 is 10.8 Å². The van der Waals surface area contributed by atoms with Gasteiger partial charge in [0, 0.05) is 37.0 Å². The monoisotopic (exact) mass is 422 g/mol. The van der Waals surface area contributed by atoms with Gasteiger partial charge in [0.15, 0.2) is 0 Å². The smallest absolute Gasteiger partial charge is 0.271 e. The number of non-ortho nitro benzene ring substituents is 1. The molecule has 31 heavy (non-hydrogen) atoms. The quantitative estimate of drug-likeness (QED) is 0.371. The molecule has 4 rings (SSSR count). The van der Waals surface area contributed by atoms with Crippen LogP contribution in [0.4, 0.5) is 11.5 Å². The second-order valence-electron chi connectivity index (χ2n) is 6.69. The van der Waals surface area contributed by atoms with E-state index in [-0.39, 0.29) is 22.4 Å². The third-order valence-corrected chi connectivity index (χ3v) is 4.74. The lowest BCUT2D eigenvalue weighted by atomic mass is 10.2. The summed E-state index contributed by atoms with van der Waals surface area (Å²) in [6.07, 6.45) is 2.85. The van der Waals surface area contributed by atoms with Gasteiger partial charge in [0.1, 0.15) is 17.0 Å². The zero-order valence-corrected chi connectivity index (χ0v) is 16.3. The number of morpholine rings is 1. The number of hydrogen-bond acceptors (Lipinski definition) is 8. The normalized spacial score (nSPS) is 14.1. The minimum atomic E-state index is -0.637. The fourth-order valence-electron chi connectivity index (χ4n) is 3.20. The first kappa shape index (κ1) is 20.2. The fraction of sp³-hybridized carbons (Fsp3) is 0.200. The maximum atomic E-state index is 13.0. The maximum absolute atomic E-state index is 13.0. The summed E-state index contributed by atoms with van der Waals surface area (Å²) in [7, 11) is 0. The first-order valence-corrected chi connectivity index (χ1v) is 9.46. The predicted molar refractivity (Wildman–Crippen MR) is 113 cm³/mol. The highest BCUT2D eigenvalue weighted by atomic mass is 16.6. The molecule has 0 aliphatic carbocycles. The molecule has 1 amide bonds. The average molecular weight is 422 g/mol. The van der Waals surface area contributed by atoms with Crippen LogP contribution < -0.4 is 15.9 Å². The number of rotatable bonds is 5. The van der Waals surface area contributed by atoms with E-state index in [1.807, 2.05) is 4.90 Å². The molecule has 3 aromatic rings. The zero-order valence-electron chi connectivity index (χ0n) is 16.3. The molecule has 0 bridgehead atoms. The number of nitro groups is 1. The van der Waals surface area contributed by atoms with Gasteiger partial charge in [-0.3, -0.25) is 24.1 Å². The number of nitrogens with one attached hydrogen (secondary N) is 1. The van der Waals surface area contributed by atoms with E-state index in [4.69, 9.17) is 4.74 Å². The number of fused-ring (bicyclic) bond motifs is 1. The molecule has 0 radical (unpaired) electrons. The van der Waals surface area contributed by atoms with Crippen molar-refractivity contribution in [1.29, 1.82) is 0 Å². The standard InChI is InChI=1S/C20H18N6O5/c27-19(14-4-3-5-15(12-14)26(29)30)23-21-13-16-18(24-8-10-31-11-9-24)22-17-6-1-2-7-25(17)20(16)28/h1-7,12-13H,8-11H2,(H,23,27)/b21-13-. The number of carbonyl (C=O) groups excluding carboxylic acids is 1. The number of hydrogen-bond donors (Lipinski definition) is 1. The van der Waals surface area contributed by atoms with Crippen LogP contribution in [-0.2, 0) is 4.74 Å². The van der Waals surface area contributed by atoms with E-state index in [2.05, 4.69) is 15.5 Å². The van der Waals surface area contributed by atoms with Crippen molar-refractivity contribution in [1.82, 2.24) is 14.8 Å². The molecule has 1 aliphatic rings. The molecule has 11 nitrogen and oxygen atoms in total. The van der Waals surface area contributed by atoms with Gasteiger partial charge >= 0.3 is 0 Å². The summed E-state index contributed by atoms with van der Waals surface area (Å²) in [6.45, 7) is 2.15.